The third kappa shape index (κ3) is 3.09. The summed E-state index contributed by atoms with van der Waals surface area (Å²) in [4.78, 5) is 11.2. The lowest BCUT2D eigenvalue weighted by molar-refractivity contribution is -0.146. The van der Waals surface area contributed by atoms with E-state index < -0.39 is 11.5 Å². The van der Waals surface area contributed by atoms with E-state index in [0.717, 1.165) is 12.8 Å². The second-order valence-electron chi connectivity index (χ2n) is 3.95. The fraction of sp³-hybridized carbons (Fsp3) is 0.900. The number of likely N-dealkylation sites (N-methyl/N-ethyl adjacent to an activating group) is 1. The molecule has 5 heteroatoms. The van der Waals surface area contributed by atoms with Crippen LogP contribution < -0.4 is 5.32 Å². The highest BCUT2D eigenvalue weighted by Gasteiger charge is 2.41. The van der Waals surface area contributed by atoms with Crippen molar-refractivity contribution in [2.45, 2.75) is 36.5 Å². The number of aliphatic carboxylic acids is 1. The second kappa shape index (κ2) is 5.72. The lowest BCUT2D eigenvalue weighted by Gasteiger charge is -2.37. The van der Waals surface area contributed by atoms with Crippen LogP contribution >= 0.6 is 11.8 Å². The van der Waals surface area contributed by atoms with Crippen LogP contribution in [0.15, 0.2) is 0 Å². The minimum absolute atomic E-state index is 0.167. The predicted octanol–water partition coefficient (Wildman–Crippen LogP) is 0.697. The van der Waals surface area contributed by atoms with E-state index in [1.54, 1.807) is 18.8 Å². The summed E-state index contributed by atoms with van der Waals surface area (Å²) < 4.78 is 0. The molecule has 0 aromatic carbocycles. The molecule has 0 saturated heterocycles. The molecule has 15 heavy (non-hydrogen) atoms. The van der Waals surface area contributed by atoms with Crippen LogP contribution in [0.3, 0.4) is 0 Å². The van der Waals surface area contributed by atoms with Gasteiger partial charge in [0.2, 0.25) is 0 Å². The zero-order valence-corrected chi connectivity index (χ0v) is 9.85. The molecular weight excluding hydrogens is 214 g/mol. The van der Waals surface area contributed by atoms with Gasteiger partial charge in [0.1, 0.15) is 5.54 Å². The Morgan fingerprint density at radius 2 is 2.40 bits per heavy atom. The third-order valence-electron chi connectivity index (χ3n) is 3.04. The zero-order chi connectivity index (χ0) is 11.3. The van der Waals surface area contributed by atoms with Gasteiger partial charge < -0.3 is 15.5 Å². The third-order valence-corrected chi connectivity index (χ3v) is 4.33. The number of thioether (sulfide) groups is 1. The minimum atomic E-state index is -0.751. The molecule has 88 valence electrons. The Hall–Kier alpha value is -0.260. The molecule has 1 rings (SSSR count). The minimum Gasteiger partial charge on any atom is -0.480 e. The quantitative estimate of drug-likeness (QED) is 0.652. The van der Waals surface area contributed by atoms with Crippen molar-refractivity contribution in [3.8, 4) is 0 Å². The Morgan fingerprint density at radius 3 is 2.93 bits per heavy atom. The predicted molar refractivity (Wildman–Crippen MR) is 61.2 cm³/mol. The van der Waals surface area contributed by atoms with Crippen LogP contribution in [-0.4, -0.2) is 46.4 Å². The molecule has 4 nitrogen and oxygen atoms in total. The van der Waals surface area contributed by atoms with Crippen molar-refractivity contribution >= 4 is 17.7 Å². The summed E-state index contributed by atoms with van der Waals surface area (Å²) in [5, 5.41) is 21.3. The number of carboxylic acid groups (broad SMARTS) is 1. The first-order valence-corrected chi connectivity index (χ1v) is 6.34. The van der Waals surface area contributed by atoms with Gasteiger partial charge in [-0.3, -0.25) is 4.79 Å². The summed E-state index contributed by atoms with van der Waals surface area (Å²) in [6.07, 6.45) is 3.36. The van der Waals surface area contributed by atoms with E-state index in [-0.39, 0.29) is 6.61 Å². The van der Waals surface area contributed by atoms with Gasteiger partial charge in [0.25, 0.3) is 0 Å². The maximum Gasteiger partial charge on any atom is 0.323 e. The molecule has 1 aliphatic carbocycles. The van der Waals surface area contributed by atoms with E-state index >= 15 is 0 Å². The summed E-state index contributed by atoms with van der Waals surface area (Å²) in [7, 11) is 1.72. The monoisotopic (exact) mass is 233 g/mol. The molecule has 0 heterocycles. The van der Waals surface area contributed by atoms with Crippen molar-refractivity contribution in [2.75, 3.05) is 19.4 Å². The second-order valence-corrected chi connectivity index (χ2v) is 5.36. The van der Waals surface area contributed by atoms with Gasteiger partial charge in [-0.05, 0) is 32.7 Å². The first-order chi connectivity index (χ1) is 7.14. The number of carboxylic acids is 1. The van der Waals surface area contributed by atoms with Crippen LogP contribution in [-0.2, 0) is 4.79 Å². The molecule has 0 aromatic heterocycles. The molecular formula is C10H19NO3S. The highest BCUT2D eigenvalue weighted by atomic mass is 32.2. The highest BCUT2D eigenvalue weighted by molar-refractivity contribution is 7.99. The van der Waals surface area contributed by atoms with E-state index in [9.17, 15) is 9.90 Å². The molecule has 2 unspecified atom stereocenters. The maximum atomic E-state index is 11.2. The first kappa shape index (κ1) is 12.8. The zero-order valence-electron chi connectivity index (χ0n) is 9.03. The number of nitrogens with one attached hydrogen (secondary N) is 1. The van der Waals surface area contributed by atoms with Crippen LogP contribution in [0.25, 0.3) is 0 Å². The SMILES string of the molecule is CNC1(C(=O)O)CCCC(SCCO)C1. The standard InChI is InChI=1S/C10H19NO3S/c1-11-10(9(13)14)4-2-3-8(7-10)15-6-5-12/h8,11-12H,2-7H2,1H3,(H,13,14). The van der Waals surface area contributed by atoms with Gasteiger partial charge in [0, 0.05) is 11.0 Å². The Labute approximate surface area is 94.4 Å². The summed E-state index contributed by atoms with van der Waals surface area (Å²) in [6, 6.07) is 0. The van der Waals surface area contributed by atoms with Gasteiger partial charge in [-0.2, -0.15) is 11.8 Å². The van der Waals surface area contributed by atoms with Gasteiger partial charge in [0.05, 0.1) is 6.61 Å². The van der Waals surface area contributed by atoms with Crippen LogP contribution in [0.4, 0.5) is 0 Å². The lowest BCUT2D eigenvalue weighted by atomic mass is 9.81. The summed E-state index contributed by atoms with van der Waals surface area (Å²) in [5.74, 6) is -0.0522. The van der Waals surface area contributed by atoms with E-state index in [0.29, 0.717) is 23.8 Å². The Bertz CT molecular complexity index is 225. The molecule has 0 radical (unpaired) electrons. The van der Waals surface area contributed by atoms with Gasteiger partial charge in [-0.1, -0.05) is 0 Å². The van der Waals surface area contributed by atoms with E-state index in [2.05, 4.69) is 5.32 Å². The fourth-order valence-corrected chi connectivity index (χ4v) is 3.29. The molecule has 1 saturated carbocycles. The molecule has 1 fully saturated rings. The van der Waals surface area contributed by atoms with Crippen LogP contribution in [0.1, 0.15) is 25.7 Å². The van der Waals surface area contributed by atoms with Crippen LogP contribution in [0.5, 0.6) is 0 Å². The number of aliphatic hydroxyl groups is 1. The van der Waals surface area contributed by atoms with Crippen molar-refractivity contribution in [1.82, 2.24) is 5.32 Å². The Morgan fingerprint density at radius 1 is 1.67 bits per heavy atom. The van der Waals surface area contributed by atoms with Gasteiger partial charge in [-0.25, -0.2) is 0 Å². The normalized spacial score (nSPS) is 31.5. The average Bonchev–Trinajstić information content (AvgIpc) is 2.26. The van der Waals surface area contributed by atoms with Crippen molar-refractivity contribution in [2.24, 2.45) is 0 Å². The van der Waals surface area contributed by atoms with Crippen molar-refractivity contribution in [3.05, 3.63) is 0 Å². The average molecular weight is 233 g/mol. The van der Waals surface area contributed by atoms with E-state index in [4.69, 9.17) is 5.11 Å². The summed E-state index contributed by atoms with van der Waals surface area (Å²) >= 11 is 1.68. The van der Waals surface area contributed by atoms with Crippen LogP contribution in [0.2, 0.25) is 0 Å². The largest absolute Gasteiger partial charge is 0.480 e. The van der Waals surface area contributed by atoms with Crippen molar-refractivity contribution in [1.29, 1.82) is 0 Å². The molecule has 2 atom stereocenters. The van der Waals surface area contributed by atoms with E-state index in [1.165, 1.54) is 0 Å². The summed E-state index contributed by atoms with van der Waals surface area (Å²) in [6.45, 7) is 0.167. The maximum absolute atomic E-state index is 11.2. The molecule has 0 aromatic rings. The molecule has 3 N–H and O–H groups in total. The Kier molecular flexibility index (Phi) is 4.89. The number of carbonyl (C=O) groups is 1. The van der Waals surface area contributed by atoms with Crippen molar-refractivity contribution in [3.63, 3.8) is 0 Å². The smallest absolute Gasteiger partial charge is 0.323 e. The molecule has 1 aliphatic rings. The number of rotatable bonds is 5. The highest BCUT2D eigenvalue weighted by Crippen LogP contribution is 2.34. The molecule has 0 amide bonds. The first-order valence-electron chi connectivity index (χ1n) is 5.29. The number of hydrogen-bond donors (Lipinski definition) is 3. The number of hydrogen-bond acceptors (Lipinski definition) is 4. The van der Waals surface area contributed by atoms with Gasteiger partial charge >= 0.3 is 5.97 Å². The van der Waals surface area contributed by atoms with Crippen LogP contribution in [0, 0.1) is 0 Å². The molecule has 0 spiro atoms. The van der Waals surface area contributed by atoms with Gasteiger partial charge in [-0.15, -0.1) is 0 Å². The van der Waals surface area contributed by atoms with Gasteiger partial charge in [0.15, 0.2) is 0 Å². The lowest BCUT2D eigenvalue weighted by Crippen LogP contribution is -2.54. The molecule has 0 bridgehead atoms. The number of aliphatic hydroxyl groups excluding tert-OH is 1. The van der Waals surface area contributed by atoms with Crippen molar-refractivity contribution < 1.29 is 15.0 Å². The Balaban J connectivity index is 2.56. The topological polar surface area (TPSA) is 69.6 Å². The summed E-state index contributed by atoms with van der Waals surface area (Å²) in [5.41, 5.74) is -0.745. The van der Waals surface area contributed by atoms with E-state index in [1.807, 2.05) is 0 Å². The molecule has 0 aliphatic heterocycles. The fourth-order valence-electron chi connectivity index (χ4n) is 2.11.